The first kappa shape index (κ1) is 17.4. The van der Waals surface area contributed by atoms with E-state index < -0.39 is 12.8 Å². The number of rotatable bonds is 5. The Morgan fingerprint density at radius 1 is 1.39 bits per heavy atom. The molecule has 1 atom stereocenters. The highest BCUT2D eigenvalue weighted by molar-refractivity contribution is 5.81. The van der Waals surface area contributed by atoms with E-state index in [0.717, 1.165) is 25.9 Å². The molecule has 1 amide bonds. The van der Waals surface area contributed by atoms with Gasteiger partial charge in [0.15, 0.2) is 6.61 Å². The average molecular weight is 330 g/mol. The molecule has 0 aromatic heterocycles. The molecular formula is C16H21F3N2O2. The van der Waals surface area contributed by atoms with Gasteiger partial charge in [-0.3, -0.25) is 4.79 Å². The number of carbonyl (C=O) groups is 1. The van der Waals surface area contributed by atoms with Crippen LogP contribution in [0.3, 0.4) is 0 Å². The van der Waals surface area contributed by atoms with E-state index in [0.29, 0.717) is 11.6 Å². The normalized spacial score (nSPS) is 18.6. The molecule has 1 aliphatic rings. The van der Waals surface area contributed by atoms with E-state index in [1.165, 1.54) is 6.07 Å². The fourth-order valence-corrected chi connectivity index (χ4v) is 2.60. The Kier molecular flexibility index (Phi) is 5.74. The second kappa shape index (κ2) is 7.57. The zero-order valence-electron chi connectivity index (χ0n) is 13.0. The van der Waals surface area contributed by atoms with Crippen LogP contribution in [0.5, 0.6) is 5.75 Å². The van der Waals surface area contributed by atoms with Crippen molar-refractivity contribution in [3.8, 4) is 5.75 Å². The number of nitrogens with one attached hydrogen (secondary N) is 1. The summed E-state index contributed by atoms with van der Waals surface area (Å²) in [6, 6.07) is 6.31. The lowest BCUT2D eigenvalue weighted by Gasteiger charge is -2.31. The monoisotopic (exact) mass is 330 g/mol. The van der Waals surface area contributed by atoms with E-state index >= 15 is 0 Å². The summed E-state index contributed by atoms with van der Waals surface area (Å²) in [5, 5.41) is 2.88. The number of amides is 1. The number of para-hydroxylation sites is 2. The third-order valence-corrected chi connectivity index (χ3v) is 3.72. The van der Waals surface area contributed by atoms with E-state index in [9.17, 15) is 18.0 Å². The van der Waals surface area contributed by atoms with E-state index in [4.69, 9.17) is 4.74 Å². The van der Waals surface area contributed by atoms with Crippen molar-refractivity contribution in [1.29, 1.82) is 0 Å². The van der Waals surface area contributed by atoms with Gasteiger partial charge >= 0.3 is 6.18 Å². The van der Waals surface area contributed by atoms with Gasteiger partial charge in [-0.25, -0.2) is 0 Å². The van der Waals surface area contributed by atoms with Gasteiger partial charge in [-0.15, -0.1) is 0 Å². The largest absolute Gasteiger partial charge is 0.482 e. The molecule has 128 valence electrons. The molecule has 0 saturated carbocycles. The molecule has 0 aliphatic carbocycles. The van der Waals surface area contributed by atoms with Crippen molar-refractivity contribution < 1.29 is 22.7 Å². The van der Waals surface area contributed by atoms with Crippen LogP contribution in [-0.2, 0) is 4.79 Å². The zero-order chi connectivity index (χ0) is 16.9. The summed E-state index contributed by atoms with van der Waals surface area (Å²) in [6.45, 7) is 2.25. The van der Waals surface area contributed by atoms with E-state index in [1.54, 1.807) is 23.1 Å². The van der Waals surface area contributed by atoms with Gasteiger partial charge in [0.05, 0.1) is 12.2 Å². The van der Waals surface area contributed by atoms with Crippen LogP contribution in [0.1, 0.15) is 19.8 Å². The molecule has 1 aromatic carbocycles. The van der Waals surface area contributed by atoms with Crippen LogP contribution in [0.15, 0.2) is 24.3 Å². The minimum absolute atomic E-state index is 0.0408. The van der Waals surface area contributed by atoms with Crippen molar-refractivity contribution in [2.75, 3.05) is 31.6 Å². The number of hydrogen-bond donors (Lipinski definition) is 1. The first-order chi connectivity index (χ1) is 10.8. The maximum Gasteiger partial charge on any atom is 0.422 e. The second-order valence-corrected chi connectivity index (χ2v) is 5.84. The van der Waals surface area contributed by atoms with Crippen molar-refractivity contribution in [1.82, 2.24) is 4.90 Å². The van der Waals surface area contributed by atoms with Gasteiger partial charge in [0.2, 0.25) is 5.91 Å². The highest BCUT2D eigenvalue weighted by Crippen LogP contribution is 2.26. The molecule has 0 radical (unpaired) electrons. The molecule has 1 N–H and O–H groups in total. The molecule has 7 heteroatoms. The minimum Gasteiger partial charge on any atom is -0.482 e. The van der Waals surface area contributed by atoms with Gasteiger partial charge in [0, 0.05) is 13.1 Å². The summed E-state index contributed by atoms with van der Waals surface area (Å²) < 4.78 is 41.6. The maximum absolute atomic E-state index is 12.3. The molecule has 1 unspecified atom stereocenters. The van der Waals surface area contributed by atoms with Crippen LogP contribution in [0, 0.1) is 5.92 Å². The lowest BCUT2D eigenvalue weighted by Crippen LogP contribution is -2.42. The Labute approximate surface area is 133 Å². The molecule has 1 fully saturated rings. The molecule has 2 rings (SSSR count). The smallest absolute Gasteiger partial charge is 0.422 e. The van der Waals surface area contributed by atoms with Crippen LogP contribution >= 0.6 is 0 Å². The standard InChI is InChI=1S/C16H21F3N2O2/c1-12-5-4-8-21(10-12)15(22)9-20-13-6-2-3-7-14(13)23-11-16(17,18)19/h2-3,6-7,12,20H,4-5,8-11H2,1H3. The third kappa shape index (κ3) is 5.65. The predicted octanol–water partition coefficient (Wildman–Crippen LogP) is 3.30. The van der Waals surface area contributed by atoms with Gasteiger partial charge in [-0.05, 0) is 30.9 Å². The molecular weight excluding hydrogens is 309 g/mol. The fraction of sp³-hybridized carbons (Fsp3) is 0.562. The Morgan fingerprint density at radius 3 is 2.83 bits per heavy atom. The Bertz CT molecular complexity index is 534. The van der Waals surface area contributed by atoms with Gasteiger partial charge < -0.3 is 15.0 Å². The van der Waals surface area contributed by atoms with E-state index in [-0.39, 0.29) is 18.2 Å². The summed E-state index contributed by atoms with van der Waals surface area (Å²) in [4.78, 5) is 14.0. The number of ether oxygens (including phenoxy) is 1. The molecule has 1 aliphatic heterocycles. The van der Waals surface area contributed by atoms with E-state index in [1.807, 2.05) is 0 Å². The maximum atomic E-state index is 12.3. The van der Waals surface area contributed by atoms with Crippen molar-refractivity contribution in [3.05, 3.63) is 24.3 Å². The van der Waals surface area contributed by atoms with Crippen LogP contribution in [-0.4, -0.2) is 43.2 Å². The highest BCUT2D eigenvalue weighted by atomic mass is 19.4. The number of halogens is 3. The van der Waals surface area contributed by atoms with Gasteiger partial charge in [0.1, 0.15) is 5.75 Å². The Hall–Kier alpha value is -1.92. The van der Waals surface area contributed by atoms with Crippen molar-refractivity contribution in [2.45, 2.75) is 25.9 Å². The molecule has 1 heterocycles. The number of likely N-dealkylation sites (tertiary alicyclic amines) is 1. The molecule has 1 saturated heterocycles. The van der Waals surface area contributed by atoms with Gasteiger partial charge in [-0.2, -0.15) is 13.2 Å². The van der Waals surface area contributed by atoms with Crippen LogP contribution in [0.25, 0.3) is 0 Å². The van der Waals surface area contributed by atoms with Crippen molar-refractivity contribution in [2.24, 2.45) is 5.92 Å². The van der Waals surface area contributed by atoms with Crippen molar-refractivity contribution in [3.63, 3.8) is 0 Å². The average Bonchev–Trinajstić information content (AvgIpc) is 2.50. The number of nitrogens with zero attached hydrogens (tertiary/aromatic N) is 1. The Morgan fingerprint density at radius 2 is 2.13 bits per heavy atom. The SMILES string of the molecule is CC1CCCN(C(=O)CNc2ccccc2OCC(F)(F)F)C1. The number of carbonyl (C=O) groups excluding carboxylic acids is 1. The number of alkyl halides is 3. The van der Waals surface area contributed by atoms with Crippen LogP contribution in [0.2, 0.25) is 0 Å². The van der Waals surface area contributed by atoms with Crippen molar-refractivity contribution >= 4 is 11.6 Å². The van der Waals surface area contributed by atoms with Gasteiger partial charge in [0.25, 0.3) is 0 Å². The fourth-order valence-electron chi connectivity index (χ4n) is 2.60. The van der Waals surface area contributed by atoms with Crippen LogP contribution < -0.4 is 10.1 Å². The first-order valence-corrected chi connectivity index (χ1v) is 7.65. The molecule has 4 nitrogen and oxygen atoms in total. The number of anilines is 1. The van der Waals surface area contributed by atoms with Gasteiger partial charge in [-0.1, -0.05) is 19.1 Å². The predicted molar refractivity (Wildman–Crippen MR) is 81.5 cm³/mol. The molecule has 0 bridgehead atoms. The lowest BCUT2D eigenvalue weighted by atomic mass is 10.0. The summed E-state index contributed by atoms with van der Waals surface area (Å²) in [5.41, 5.74) is 0.384. The number of hydrogen-bond acceptors (Lipinski definition) is 3. The highest BCUT2D eigenvalue weighted by Gasteiger charge is 2.29. The summed E-state index contributed by atoms with van der Waals surface area (Å²) >= 11 is 0. The lowest BCUT2D eigenvalue weighted by molar-refractivity contribution is -0.153. The quantitative estimate of drug-likeness (QED) is 0.901. The summed E-state index contributed by atoms with van der Waals surface area (Å²) in [7, 11) is 0. The van der Waals surface area contributed by atoms with Crippen LogP contribution in [0.4, 0.5) is 18.9 Å². The first-order valence-electron chi connectivity index (χ1n) is 7.65. The Balaban J connectivity index is 1.91. The zero-order valence-corrected chi connectivity index (χ0v) is 13.0. The second-order valence-electron chi connectivity index (χ2n) is 5.84. The van der Waals surface area contributed by atoms with E-state index in [2.05, 4.69) is 12.2 Å². The molecule has 1 aromatic rings. The summed E-state index contributed by atoms with van der Waals surface area (Å²) in [6.07, 6.45) is -2.30. The minimum atomic E-state index is -4.40. The number of benzene rings is 1. The number of piperidine rings is 1. The molecule has 23 heavy (non-hydrogen) atoms. The third-order valence-electron chi connectivity index (χ3n) is 3.72. The molecule has 0 spiro atoms. The summed E-state index contributed by atoms with van der Waals surface area (Å²) in [5.74, 6) is 0.516. The topological polar surface area (TPSA) is 41.6 Å².